The Morgan fingerprint density at radius 2 is 1.72 bits per heavy atom. The van der Waals surface area contributed by atoms with Crippen molar-refractivity contribution in [3.8, 4) is 0 Å². The van der Waals surface area contributed by atoms with Gasteiger partial charge in [-0.2, -0.15) is 0 Å². The van der Waals surface area contributed by atoms with Crippen LogP contribution in [0.25, 0.3) is 11.0 Å². The Morgan fingerprint density at radius 3 is 2.45 bits per heavy atom. The Kier molecular flexibility index (Phi) is 5.53. The van der Waals surface area contributed by atoms with Crippen molar-refractivity contribution in [1.82, 2.24) is 14.5 Å². The number of hydrogen-bond donors (Lipinski definition) is 0. The van der Waals surface area contributed by atoms with Crippen LogP contribution in [0.5, 0.6) is 0 Å². The minimum absolute atomic E-state index is 0.0752. The van der Waals surface area contributed by atoms with Crippen molar-refractivity contribution in [2.45, 2.75) is 19.9 Å². The smallest absolute Gasteiger partial charge is 0.272 e. The molecule has 2 aromatic carbocycles. The molecule has 0 radical (unpaired) electrons. The predicted molar refractivity (Wildman–Crippen MR) is 116 cm³/mol. The van der Waals surface area contributed by atoms with Gasteiger partial charge >= 0.3 is 0 Å². The highest BCUT2D eigenvalue weighted by molar-refractivity contribution is 6.30. The first-order valence-corrected chi connectivity index (χ1v) is 10.2. The lowest BCUT2D eigenvalue weighted by atomic mass is 10.2. The third-order valence-electron chi connectivity index (χ3n) is 5.39. The fourth-order valence-electron chi connectivity index (χ4n) is 3.77. The number of aromatic nitrogens is 2. The van der Waals surface area contributed by atoms with Crippen LogP contribution >= 0.6 is 11.6 Å². The molecule has 3 aromatic rings. The molecule has 29 heavy (non-hydrogen) atoms. The van der Waals surface area contributed by atoms with Crippen molar-refractivity contribution in [1.29, 1.82) is 0 Å². The van der Waals surface area contributed by atoms with E-state index < -0.39 is 0 Å². The van der Waals surface area contributed by atoms with Crippen LogP contribution in [-0.4, -0.2) is 46.5 Å². The molecular formula is C22H23ClN4O2. The van der Waals surface area contributed by atoms with Gasteiger partial charge in [0, 0.05) is 49.9 Å². The second-order valence-corrected chi connectivity index (χ2v) is 7.67. The third-order valence-corrected chi connectivity index (χ3v) is 5.64. The maximum absolute atomic E-state index is 12.8. The first-order chi connectivity index (χ1) is 14.0. The second-order valence-electron chi connectivity index (χ2n) is 7.24. The highest BCUT2D eigenvalue weighted by Gasteiger charge is 2.21. The number of fused-ring (bicyclic) bond motifs is 1. The molecule has 0 unspecified atom stereocenters. The molecule has 1 aliphatic rings. The van der Waals surface area contributed by atoms with Gasteiger partial charge in [-0.3, -0.25) is 9.59 Å². The number of benzene rings is 2. The number of nitrogens with zero attached hydrogens (tertiary/aromatic N) is 4. The van der Waals surface area contributed by atoms with Gasteiger partial charge in [0.05, 0.1) is 11.0 Å². The first kappa shape index (κ1) is 19.5. The largest absolute Gasteiger partial charge is 0.368 e. The lowest BCUT2D eigenvalue weighted by Gasteiger charge is -2.36. The van der Waals surface area contributed by atoms with Crippen molar-refractivity contribution in [2.75, 3.05) is 31.1 Å². The van der Waals surface area contributed by atoms with Crippen LogP contribution in [0.1, 0.15) is 12.1 Å². The molecule has 0 spiro atoms. The van der Waals surface area contributed by atoms with Crippen molar-refractivity contribution >= 4 is 34.2 Å². The number of rotatable bonds is 4. The van der Waals surface area contributed by atoms with Gasteiger partial charge in [0.2, 0.25) is 5.91 Å². The molecule has 1 amide bonds. The molecule has 150 valence electrons. The van der Waals surface area contributed by atoms with Gasteiger partial charge in [-0.05, 0) is 43.3 Å². The van der Waals surface area contributed by atoms with E-state index in [1.807, 2.05) is 53.4 Å². The minimum Gasteiger partial charge on any atom is -0.368 e. The molecule has 0 aliphatic carbocycles. The van der Waals surface area contributed by atoms with Crippen LogP contribution in [0.4, 0.5) is 5.69 Å². The number of carbonyl (C=O) groups is 1. The van der Waals surface area contributed by atoms with Gasteiger partial charge in [-0.15, -0.1) is 0 Å². The van der Waals surface area contributed by atoms with Gasteiger partial charge in [-0.1, -0.05) is 23.7 Å². The first-order valence-electron chi connectivity index (χ1n) is 9.77. The Bertz CT molecular complexity index is 1090. The minimum atomic E-state index is -0.135. The average molecular weight is 411 g/mol. The number of aryl methyl sites for hydroxylation is 2. The molecule has 0 saturated carbocycles. The average Bonchev–Trinajstić information content (AvgIpc) is 2.74. The third kappa shape index (κ3) is 4.12. The van der Waals surface area contributed by atoms with E-state index in [-0.39, 0.29) is 11.5 Å². The number of hydrogen-bond acceptors (Lipinski definition) is 4. The maximum Gasteiger partial charge on any atom is 0.272 e. The van der Waals surface area contributed by atoms with E-state index in [9.17, 15) is 9.59 Å². The molecule has 4 rings (SSSR count). The fraction of sp³-hybridized carbons (Fsp3) is 0.318. The second kappa shape index (κ2) is 8.25. The molecule has 1 saturated heterocycles. The Morgan fingerprint density at radius 1 is 1.03 bits per heavy atom. The normalized spacial score (nSPS) is 14.4. The number of halogens is 1. The zero-order valence-corrected chi connectivity index (χ0v) is 17.1. The monoisotopic (exact) mass is 410 g/mol. The topological polar surface area (TPSA) is 58.4 Å². The summed E-state index contributed by atoms with van der Waals surface area (Å²) in [5.74, 6) is 0.0752. The number of piperazine rings is 1. The van der Waals surface area contributed by atoms with E-state index in [4.69, 9.17) is 11.6 Å². The number of carbonyl (C=O) groups excluding carboxylic acids is 1. The molecule has 6 nitrogen and oxygen atoms in total. The van der Waals surface area contributed by atoms with E-state index in [0.29, 0.717) is 31.7 Å². The van der Waals surface area contributed by atoms with Crippen molar-refractivity contribution in [2.24, 2.45) is 0 Å². The summed E-state index contributed by atoms with van der Waals surface area (Å²) in [6, 6.07) is 15.3. The molecule has 1 aliphatic heterocycles. The van der Waals surface area contributed by atoms with Gasteiger partial charge in [-0.25, -0.2) is 4.98 Å². The van der Waals surface area contributed by atoms with Crippen LogP contribution < -0.4 is 10.5 Å². The number of anilines is 1. The highest BCUT2D eigenvalue weighted by atomic mass is 35.5. The Labute approximate surface area is 174 Å². The highest BCUT2D eigenvalue weighted by Crippen LogP contribution is 2.20. The molecule has 1 fully saturated rings. The van der Waals surface area contributed by atoms with Gasteiger partial charge in [0.25, 0.3) is 5.56 Å². The van der Waals surface area contributed by atoms with Gasteiger partial charge < -0.3 is 14.4 Å². The molecule has 1 aromatic heterocycles. The quantitative estimate of drug-likeness (QED) is 0.663. The molecule has 0 bridgehead atoms. The van der Waals surface area contributed by atoms with Crippen molar-refractivity contribution in [3.05, 3.63) is 69.6 Å². The van der Waals surface area contributed by atoms with Crippen molar-refractivity contribution < 1.29 is 4.79 Å². The van der Waals surface area contributed by atoms with Crippen LogP contribution in [-0.2, 0) is 11.3 Å². The van der Waals surface area contributed by atoms with Crippen molar-refractivity contribution in [3.63, 3.8) is 0 Å². The van der Waals surface area contributed by atoms with Gasteiger partial charge in [0.1, 0.15) is 5.69 Å². The lowest BCUT2D eigenvalue weighted by molar-refractivity contribution is -0.131. The Balaban J connectivity index is 1.40. The summed E-state index contributed by atoms with van der Waals surface area (Å²) in [5.41, 5.74) is 2.97. The fourth-order valence-corrected chi connectivity index (χ4v) is 3.90. The van der Waals surface area contributed by atoms with Crippen LogP contribution in [0.15, 0.2) is 53.3 Å². The maximum atomic E-state index is 12.8. The van der Waals surface area contributed by atoms with E-state index in [0.717, 1.165) is 34.8 Å². The van der Waals surface area contributed by atoms with Crippen LogP contribution in [0, 0.1) is 6.92 Å². The lowest BCUT2D eigenvalue weighted by Crippen LogP contribution is -2.49. The van der Waals surface area contributed by atoms with E-state index in [1.54, 1.807) is 11.5 Å². The zero-order valence-electron chi connectivity index (χ0n) is 16.3. The SMILES string of the molecule is Cc1nc2ccccc2n(CCC(=O)N2CCN(c3ccc(Cl)cc3)CC2)c1=O. The van der Waals surface area contributed by atoms with Gasteiger partial charge in [0.15, 0.2) is 0 Å². The molecular weight excluding hydrogens is 388 g/mol. The standard InChI is InChI=1S/C22H23ClN4O2/c1-16-22(29)27(20-5-3-2-4-19(20)24-16)11-10-21(28)26-14-12-25(13-15-26)18-8-6-17(23)7-9-18/h2-9H,10-15H2,1H3. The van der Waals surface area contributed by atoms with E-state index in [2.05, 4.69) is 9.88 Å². The molecule has 0 atom stereocenters. The molecule has 7 heteroatoms. The summed E-state index contributed by atoms with van der Waals surface area (Å²) < 4.78 is 1.67. The number of amides is 1. The summed E-state index contributed by atoms with van der Waals surface area (Å²) in [5, 5.41) is 0.719. The number of para-hydroxylation sites is 2. The Hall–Kier alpha value is -2.86. The van der Waals surface area contributed by atoms with E-state index in [1.165, 1.54) is 0 Å². The predicted octanol–water partition coefficient (Wildman–Crippen LogP) is 3.10. The van der Waals surface area contributed by atoms with Crippen LogP contribution in [0.3, 0.4) is 0 Å². The summed E-state index contributed by atoms with van der Waals surface area (Å²) >= 11 is 5.96. The summed E-state index contributed by atoms with van der Waals surface area (Å²) in [6.07, 6.45) is 0.300. The summed E-state index contributed by atoms with van der Waals surface area (Å²) in [4.78, 5) is 33.8. The van der Waals surface area contributed by atoms with Crippen LogP contribution in [0.2, 0.25) is 5.02 Å². The summed E-state index contributed by atoms with van der Waals surface area (Å²) in [7, 11) is 0. The molecule has 0 N–H and O–H groups in total. The zero-order chi connectivity index (χ0) is 20.4. The molecule has 2 heterocycles. The van der Waals surface area contributed by atoms with E-state index >= 15 is 0 Å². The summed E-state index contributed by atoms with van der Waals surface area (Å²) in [6.45, 7) is 4.98.